The molecule has 0 fully saturated rings. The quantitative estimate of drug-likeness (QED) is 0.247. The third-order valence-electron chi connectivity index (χ3n) is 5.19. The summed E-state index contributed by atoms with van der Waals surface area (Å²) in [6.45, 7) is 1.76. The van der Waals surface area contributed by atoms with Crippen LogP contribution in [-0.2, 0) is 14.3 Å². The van der Waals surface area contributed by atoms with E-state index in [1.165, 1.54) is 54.6 Å². The van der Waals surface area contributed by atoms with E-state index in [0.717, 1.165) is 4.90 Å². The summed E-state index contributed by atoms with van der Waals surface area (Å²) < 4.78 is 10.2. The second-order valence-corrected chi connectivity index (χ2v) is 8.36. The standard InChI is InChI=1S/C26H18Cl2N2O7/c1-2-36-26(35)17-5-3-4-6-19(17)30-23(32)21(28)22(24(30)33)29-15-9-7-14(8-10-15)25(34)37-16-11-12-18(27)20(31)13-16/h3-13,29,31H,2H2,1H3. The summed E-state index contributed by atoms with van der Waals surface area (Å²) in [6, 6.07) is 15.9. The Morgan fingerprint density at radius 3 is 2.32 bits per heavy atom. The SMILES string of the molecule is CCOC(=O)c1ccccc1N1C(=O)C(Cl)=C(Nc2ccc(C(=O)Oc3ccc(Cl)c(O)c3)cc2)C1=O. The first-order valence-electron chi connectivity index (χ1n) is 10.8. The van der Waals surface area contributed by atoms with Gasteiger partial charge in [-0.3, -0.25) is 9.59 Å². The molecule has 0 radical (unpaired) electrons. The van der Waals surface area contributed by atoms with Gasteiger partial charge in [0.2, 0.25) is 0 Å². The van der Waals surface area contributed by atoms with Gasteiger partial charge in [-0.05, 0) is 55.5 Å². The molecule has 0 spiro atoms. The van der Waals surface area contributed by atoms with Crippen molar-refractivity contribution in [3.63, 3.8) is 0 Å². The molecule has 0 saturated heterocycles. The molecule has 0 aromatic heterocycles. The number of hydrogen-bond acceptors (Lipinski definition) is 8. The molecule has 2 N–H and O–H groups in total. The maximum Gasteiger partial charge on any atom is 0.343 e. The van der Waals surface area contributed by atoms with E-state index in [1.807, 2.05) is 0 Å². The van der Waals surface area contributed by atoms with Gasteiger partial charge in [-0.25, -0.2) is 14.5 Å². The lowest BCUT2D eigenvalue weighted by Gasteiger charge is -2.18. The zero-order valence-corrected chi connectivity index (χ0v) is 20.7. The highest BCUT2D eigenvalue weighted by molar-refractivity contribution is 6.53. The number of carbonyl (C=O) groups excluding carboxylic acids is 4. The molecule has 0 atom stereocenters. The van der Waals surface area contributed by atoms with Crippen molar-refractivity contribution in [3.8, 4) is 11.5 Å². The van der Waals surface area contributed by atoms with Gasteiger partial charge in [-0.15, -0.1) is 0 Å². The van der Waals surface area contributed by atoms with E-state index >= 15 is 0 Å². The van der Waals surface area contributed by atoms with Gasteiger partial charge in [0.1, 0.15) is 22.2 Å². The third kappa shape index (κ3) is 5.28. The molecule has 0 unspecified atom stereocenters. The highest BCUT2D eigenvalue weighted by atomic mass is 35.5. The number of hydrogen-bond donors (Lipinski definition) is 2. The highest BCUT2D eigenvalue weighted by Gasteiger charge is 2.40. The lowest BCUT2D eigenvalue weighted by molar-refractivity contribution is -0.120. The summed E-state index contributed by atoms with van der Waals surface area (Å²) in [6.07, 6.45) is 0. The zero-order valence-electron chi connectivity index (χ0n) is 19.2. The van der Waals surface area contributed by atoms with Crippen LogP contribution in [0.5, 0.6) is 11.5 Å². The second-order valence-electron chi connectivity index (χ2n) is 7.58. The number of anilines is 2. The van der Waals surface area contributed by atoms with E-state index < -0.39 is 23.8 Å². The maximum atomic E-state index is 13.1. The molecule has 1 aliphatic rings. The first-order valence-corrected chi connectivity index (χ1v) is 11.6. The number of phenolic OH excluding ortho intramolecular Hbond substituents is 1. The monoisotopic (exact) mass is 540 g/mol. The van der Waals surface area contributed by atoms with E-state index in [0.29, 0.717) is 5.69 Å². The predicted molar refractivity (Wildman–Crippen MR) is 136 cm³/mol. The minimum atomic E-state index is -0.808. The second kappa shape index (κ2) is 10.7. The van der Waals surface area contributed by atoms with Crippen LogP contribution < -0.4 is 15.0 Å². The summed E-state index contributed by atoms with van der Waals surface area (Å²) in [5, 5.41) is 12.2. The topological polar surface area (TPSA) is 122 Å². The number of carbonyl (C=O) groups is 4. The largest absolute Gasteiger partial charge is 0.506 e. The summed E-state index contributed by atoms with van der Waals surface area (Å²) in [5.41, 5.74) is 0.414. The first kappa shape index (κ1) is 25.7. The predicted octanol–water partition coefficient (Wildman–Crippen LogP) is 4.88. The Morgan fingerprint density at radius 2 is 1.65 bits per heavy atom. The molecule has 2 amide bonds. The normalized spacial score (nSPS) is 13.1. The Kier molecular flexibility index (Phi) is 7.47. The Balaban J connectivity index is 1.51. The van der Waals surface area contributed by atoms with Crippen molar-refractivity contribution in [2.75, 3.05) is 16.8 Å². The van der Waals surface area contributed by atoms with Gasteiger partial charge < -0.3 is 19.9 Å². The molecule has 37 heavy (non-hydrogen) atoms. The maximum absolute atomic E-state index is 13.1. The van der Waals surface area contributed by atoms with Crippen LogP contribution in [0.4, 0.5) is 11.4 Å². The summed E-state index contributed by atoms with van der Waals surface area (Å²) in [4.78, 5) is 51.5. The van der Waals surface area contributed by atoms with Crippen LogP contribution in [-0.4, -0.2) is 35.5 Å². The number of ether oxygens (including phenoxy) is 2. The van der Waals surface area contributed by atoms with Crippen LogP contribution in [0.2, 0.25) is 5.02 Å². The van der Waals surface area contributed by atoms with Crippen LogP contribution in [0, 0.1) is 0 Å². The Bertz CT molecular complexity index is 1450. The van der Waals surface area contributed by atoms with E-state index in [4.69, 9.17) is 32.7 Å². The van der Waals surface area contributed by atoms with Crippen LogP contribution in [0.15, 0.2) is 77.5 Å². The Labute approximate surface area is 220 Å². The summed E-state index contributed by atoms with van der Waals surface area (Å²) in [7, 11) is 0. The fourth-order valence-corrected chi connectivity index (χ4v) is 3.77. The van der Waals surface area contributed by atoms with Gasteiger partial charge in [-0.2, -0.15) is 0 Å². The Morgan fingerprint density at radius 1 is 0.946 bits per heavy atom. The number of aromatic hydroxyl groups is 1. The zero-order chi connectivity index (χ0) is 26.7. The van der Waals surface area contributed by atoms with Crippen molar-refractivity contribution in [2.45, 2.75) is 6.92 Å². The first-order chi connectivity index (χ1) is 17.7. The molecule has 0 aliphatic carbocycles. The molecular weight excluding hydrogens is 523 g/mol. The fourth-order valence-electron chi connectivity index (χ4n) is 3.44. The smallest absolute Gasteiger partial charge is 0.343 e. The molecule has 1 heterocycles. The number of halogens is 2. The van der Waals surface area contributed by atoms with E-state index in [2.05, 4.69) is 5.32 Å². The number of nitrogens with one attached hydrogen (secondary N) is 1. The van der Waals surface area contributed by atoms with E-state index in [-0.39, 0.29) is 50.7 Å². The molecule has 4 rings (SSSR count). The van der Waals surface area contributed by atoms with Gasteiger partial charge in [0.05, 0.1) is 28.4 Å². The van der Waals surface area contributed by atoms with Gasteiger partial charge in [0, 0.05) is 11.8 Å². The number of benzene rings is 3. The van der Waals surface area contributed by atoms with E-state index in [9.17, 15) is 24.3 Å². The van der Waals surface area contributed by atoms with Gasteiger partial charge in [0.15, 0.2) is 0 Å². The van der Waals surface area contributed by atoms with Gasteiger partial charge in [0.25, 0.3) is 11.8 Å². The van der Waals surface area contributed by atoms with E-state index in [1.54, 1.807) is 19.1 Å². The van der Waals surface area contributed by atoms with Crippen molar-refractivity contribution in [2.24, 2.45) is 0 Å². The van der Waals surface area contributed by atoms with Crippen molar-refractivity contribution < 1.29 is 33.8 Å². The fraction of sp³-hybridized carbons (Fsp3) is 0.0769. The summed E-state index contributed by atoms with van der Waals surface area (Å²) >= 11 is 11.9. The number of rotatable bonds is 7. The Hall–Kier alpha value is -4.34. The van der Waals surface area contributed by atoms with Crippen LogP contribution >= 0.6 is 23.2 Å². The van der Waals surface area contributed by atoms with Crippen LogP contribution in [0.25, 0.3) is 0 Å². The lowest BCUT2D eigenvalue weighted by Crippen LogP contribution is -2.33. The number of nitrogens with zero attached hydrogens (tertiary/aromatic N) is 1. The number of phenols is 1. The molecule has 3 aromatic carbocycles. The van der Waals surface area contributed by atoms with Crippen molar-refractivity contribution in [1.29, 1.82) is 0 Å². The molecule has 0 saturated carbocycles. The molecule has 0 bridgehead atoms. The number of para-hydroxylation sites is 1. The average Bonchev–Trinajstić information content (AvgIpc) is 3.09. The minimum Gasteiger partial charge on any atom is -0.506 e. The molecule has 11 heteroatoms. The van der Waals surface area contributed by atoms with Crippen molar-refractivity contribution in [3.05, 3.63) is 93.6 Å². The highest BCUT2D eigenvalue weighted by Crippen LogP contribution is 2.33. The van der Waals surface area contributed by atoms with Gasteiger partial charge >= 0.3 is 11.9 Å². The number of amides is 2. The molecule has 9 nitrogen and oxygen atoms in total. The van der Waals surface area contributed by atoms with Crippen molar-refractivity contribution in [1.82, 2.24) is 0 Å². The average molecular weight is 541 g/mol. The van der Waals surface area contributed by atoms with Crippen molar-refractivity contribution >= 4 is 58.3 Å². The molecule has 188 valence electrons. The lowest BCUT2D eigenvalue weighted by atomic mass is 10.1. The minimum absolute atomic E-state index is 0.0358. The van der Waals surface area contributed by atoms with Crippen LogP contribution in [0.1, 0.15) is 27.6 Å². The molecule has 3 aromatic rings. The number of imide groups is 1. The third-order valence-corrected chi connectivity index (χ3v) is 5.86. The van der Waals surface area contributed by atoms with Gasteiger partial charge in [-0.1, -0.05) is 35.3 Å². The molecular formula is C26H18Cl2N2O7. The van der Waals surface area contributed by atoms with Crippen LogP contribution in [0.3, 0.4) is 0 Å². The summed E-state index contributed by atoms with van der Waals surface area (Å²) in [5.74, 6) is -3.09. The molecule has 1 aliphatic heterocycles. The number of esters is 2.